The van der Waals surface area contributed by atoms with Crippen LogP contribution in [0.1, 0.15) is 48.1 Å². The van der Waals surface area contributed by atoms with E-state index in [4.69, 9.17) is 0 Å². The van der Waals surface area contributed by atoms with Crippen molar-refractivity contribution < 1.29 is 4.79 Å². The SMILES string of the molecule is C[C@@H](NC(=O)c1ccc2ncnc(N3CCCCC3)c2c1)c1ccccc1. The van der Waals surface area contributed by atoms with Gasteiger partial charge in [0, 0.05) is 24.0 Å². The number of benzene rings is 2. The lowest BCUT2D eigenvalue weighted by Gasteiger charge is -2.28. The first kappa shape index (κ1) is 17.5. The maximum absolute atomic E-state index is 12.8. The fourth-order valence-electron chi connectivity index (χ4n) is 3.65. The first-order chi connectivity index (χ1) is 13.2. The summed E-state index contributed by atoms with van der Waals surface area (Å²) in [6, 6.07) is 15.6. The lowest BCUT2D eigenvalue weighted by atomic mass is 10.1. The number of carbonyl (C=O) groups is 1. The lowest BCUT2D eigenvalue weighted by Crippen LogP contribution is -2.30. The van der Waals surface area contributed by atoms with Gasteiger partial charge in [-0.25, -0.2) is 9.97 Å². The van der Waals surface area contributed by atoms with Gasteiger partial charge in [-0.2, -0.15) is 0 Å². The summed E-state index contributed by atoms with van der Waals surface area (Å²) in [5.74, 6) is 0.854. The predicted molar refractivity (Wildman–Crippen MR) is 108 cm³/mol. The van der Waals surface area contributed by atoms with E-state index in [2.05, 4.69) is 20.2 Å². The number of hydrogen-bond donors (Lipinski definition) is 1. The van der Waals surface area contributed by atoms with E-state index in [0.29, 0.717) is 5.56 Å². The zero-order chi connectivity index (χ0) is 18.6. The monoisotopic (exact) mass is 360 g/mol. The van der Waals surface area contributed by atoms with Crippen LogP contribution in [-0.4, -0.2) is 29.0 Å². The number of anilines is 1. The minimum absolute atomic E-state index is 0.0528. The highest BCUT2D eigenvalue weighted by molar-refractivity contribution is 6.00. The van der Waals surface area contributed by atoms with E-state index in [0.717, 1.165) is 35.4 Å². The second-order valence-corrected chi connectivity index (χ2v) is 7.08. The van der Waals surface area contributed by atoms with E-state index >= 15 is 0 Å². The Morgan fingerprint density at radius 2 is 1.81 bits per heavy atom. The molecule has 3 aromatic rings. The Morgan fingerprint density at radius 3 is 2.59 bits per heavy atom. The highest BCUT2D eigenvalue weighted by Gasteiger charge is 2.17. The number of nitrogens with one attached hydrogen (secondary N) is 1. The van der Waals surface area contributed by atoms with Gasteiger partial charge in [0.1, 0.15) is 12.1 Å². The Morgan fingerprint density at radius 1 is 1.04 bits per heavy atom. The molecular weight excluding hydrogens is 336 g/mol. The molecule has 2 aromatic carbocycles. The number of rotatable bonds is 4. The molecule has 0 bridgehead atoms. The molecule has 1 atom stereocenters. The fraction of sp³-hybridized carbons (Fsp3) is 0.318. The molecule has 0 spiro atoms. The van der Waals surface area contributed by atoms with Crippen molar-refractivity contribution in [1.29, 1.82) is 0 Å². The Kier molecular flexibility index (Phi) is 5.01. The summed E-state index contributed by atoms with van der Waals surface area (Å²) < 4.78 is 0. The molecule has 5 heteroatoms. The van der Waals surface area contributed by atoms with Crippen LogP contribution in [0.25, 0.3) is 10.9 Å². The van der Waals surface area contributed by atoms with Gasteiger partial charge in [0.25, 0.3) is 5.91 Å². The number of amides is 1. The molecule has 1 fully saturated rings. The smallest absolute Gasteiger partial charge is 0.251 e. The van der Waals surface area contributed by atoms with Gasteiger partial charge in [-0.05, 0) is 49.9 Å². The Labute approximate surface area is 159 Å². The highest BCUT2D eigenvalue weighted by Crippen LogP contribution is 2.26. The molecule has 1 aliphatic heterocycles. The van der Waals surface area contributed by atoms with Crippen LogP contribution in [-0.2, 0) is 0 Å². The van der Waals surface area contributed by atoms with Crippen LogP contribution in [0.15, 0.2) is 54.9 Å². The van der Waals surface area contributed by atoms with Crippen molar-refractivity contribution in [2.24, 2.45) is 0 Å². The minimum Gasteiger partial charge on any atom is -0.356 e. The molecule has 1 saturated heterocycles. The Balaban J connectivity index is 1.61. The second kappa shape index (κ2) is 7.74. The standard InChI is InChI=1S/C22H24N4O/c1-16(17-8-4-2-5-9-17)25-22(27)18-10-11-20-19(14-18)21(24-15-23-20)26-12-6-3-7-13-26/h2,4-5,8-11,14-16H,3,6-7,12-13H2,1H3,(H,25,27)/t16-/m1/s1. The van der Waals surface area contributed by atoms with Crippen LogP contribution in [0.4, 0.5) is 5.82 Å². The van der Waals surface area contributed by atoms with Crippen LogP contribution in [0.2, 0.25) is 0 Å². The molecular formula is C22H24N4O. The van der Waals surface area contributed by atoms with E-state index in [1.54, 1.807) is 6.33 Å². The number of nitrogens with zero attached hydrogens (tertiary/aromatic N) is 3. The van der Waals surface area contributed by atoms with Crippen LogP contribution in [0.5, 0.6) is 0 Å². The number of carbonyl (C=O) groups excluding carboxylic acids is 1. The topological polar surface area (TPSA) is 58.1 Å². The van der Waals surface area contributed by atoms with Gasteiger partial charge >= 0.3 is 0 Å². The second-order valence-electron chi connectivity index (χ2n) is 7.08. The molecule has 1 amide bonds. The van der Waals surface area contributed by atoms with Gasteiger partial charge in [-0.1, -0.05) is 30.3 Å². The summed E-state index contributed by atoms with van der Waals surface area (Å²) in [7, 11) is 0. The first-order valence-corrected chi connectivity index (χ1v) is 9.58. The molecule has 0 aliphatic carbocycles. The van der Waals surface area contributed by atoms with E-state index in [1.165, 1.54) is 19.3 Å². The van der Waals surface area contributed by atoms with Crippen molar-refractivity contribution in [3.63, 3.8) is 0 Å². The third-order valence-electron chi connectivity index (χ3n) is 5.18. The average Bonchev–Trinajstić information content (AvgIpc) is 2.74. The van der Waals surface area contributed by atoms with E-state index in [9.17, 15) is 4.79 Å². The number of aromatic nitrogens is 2. The molecule has 1 aromatic heterocycles. The van der Waals surface area contributed by atoms with Gasteiger partial charge in [0.2, 0.25) is 0 Å². The van der Waals surface area contributed by atoms with E-state index < -0.39 is 0 Å². The molecule has 5 nitrogen and oxygen atoms in total. The van der Waals surface area contributed by atoms with Gasteiger partial charge in [0.15, 0.2) is 0 Å². The highest BCUT2D eigenvalue weighted by atomic mass is 16.1. The van der Waals surface area contributed by atoms with Gasteiger partial charge in [-0.3, -0.25) is 4.79 Å². The van der Waals surface area contributed by atoms with Crippen molar-refractivity contribution in [2.75, 3.05) is 18.0 Å². The van der Waals surface area contributed by atoms with Crippen LogP contribution in [0.3, 0.4) is 0 Å². The van der Waals surface area contributed by atoms with Crippen LogP contribution in [0, 0.1) is 0 Å². The molecule has 0 unspecified atom stereocenters. The largest absolute Gasteiger partial charge is 0.356 e. The molecule has 4 rings (SSSR count). The zero-order valence-corrected chi connectivity index (χ0v) is 15.6. The summed E-state index contributed by atoms with van der Waals surface area (Å²) >= 11 is 0. The summed E-state index contributed by atoms with van der Waals surface area (Å²) in [6.07, 6.45) is 5.24. The third kappa shape index (κ3) is 3.77. The van der Waals surface area contributed by atoms with Gasteiger partial charge < -0.3 is 10.2 Å². The molecule has 0 radical (unpaired) electrons. The van der Waals surface area contributed by atoms with E-state index in [-0.39, 0.29) is 11.9 Å². The lowest BCUT2D eigenvalue weighted by molar-refractivity contribution is 0.0940. The molecule has 1 aliphatic rings. The summed E-state index contributed by atoms with van der Waals surface area (Å²) in [5.41, 5.74) is 2.60. The molecule has 1 N–H and O–H groups in total. The predicted octanol–water partition coefficient (Wildman–Crippen LogP) is 4.11. The van der Waals surface area contributed by atoms with Crippen molar-refractivity contribution in [3.05, 3.63) is 66.0 Å². The summed E-state index contributed by atoms with van der Waals surface area (Å²) in [6.45, 7) is 4.01. The van der Waals surface area contributed by atoms with E-state index in [1.807, 2.05) is 55.5 Å². The molecule has 0 saturated carbocycles. The van der Waals surface area contributed by atoms with Crippen LogP contribution >= 0.6 is 0 Å². The minimum atomic E-state index is -0.0818. The van der Waals surface area contributed by atoms with Gasteiger partial charge in [-0.15, -0.1) is 0 Å². The quantitative estimate of drug-likeness (QED) is 0.761. The normalized spacial score (nSPS) is 15.5. The number of hydrogen-bond acceptors (Lipinski definition) is 4. The molecule has 27 heavy (non-hydrogen) atoms. The summed E-state index contributed by atoms with van der Waals surface area (Å²) in [4.78, 5) is 24.0. The Hall–Kier alpha value is -2.95. The average molecular weight is 360 g/mol. The van der Waals surface area contributed by atoms with Crippen LogP contribution < -0.4 is 10.2 Å². The maximum Gasteiger partial charge on any atom is 0.251 e. The molecule has 138 valence electrons. The Bertz CT molecular complexity index is 935. The first-order valence-electron chi connectivity index (χ1n) is 9.58. The fourth-order valence-corrected chi connectivity index (χ4v) is 3.65. The van der Waals surface area contributed by atoms with Crippen molar-refractivity contribution >= 4 is 22.6 Å². The van der Waals surface area contributed by atoms with Crippen molar-refractivity contribution in [2.45, 2.75) is 32.2 Å². The zero-order valence-electron chi connectivity index (χ0n) is 15.6. The molecule has 2 heterocycles. The van der Waals surface area contributed by atoms with Crippen molar-refractivity contribution in [1.82, 2.24) is 15.3 Å². The van der Waals surface area contributed by atoms with Gasteiger partial charge in [0.05, 0.1) is 11.6 Å². The van der Waals surface area contributed by atoms with Crippen molar-refractivity contribution in [3.8, 4) is 0 Å². The summed E-state index contributed by atoms with van der Waals surface area (Å²) in [5, 5.41) is 4.03. The number of fused-ring (bicyclic) bond motifs is 1. The number of piperidine rings is 1. The third-order valence-corrected chi connectivity index (χ3v) is 5.18. The maximum atomic E-state index is 12.8.